The predicted molar refractivity (Wildman–Crippen MR) is 119 cm³/mol. The Morgan fingerprint density at radius 1 is 0.931 bits per heavy atom. The van der Waals surface area contributed by atoms with Gasteiger partial charge in [-0.15, -0.1) is 0 Å². The Morgan fingerprint density at radius 3 is 2.14 bits per heavy atom. The molecule has 5 nitrogen and oxygen atoms in total. The number of nitrogens with one attached hydrogen (secondary N) is 1. The first-order valence-corrected chi connectivity index (χ1v) is 11.3. The summed E-state index contributed by atoms with van der Waals surface area (Å²) in [4.78, 5) is 27.0. The lowest BCUT2D eigenvalue weighted by Gasteiger charge is -2.07. The van der Waals surface area contributed by atoms with E-state index in [1.54, 1.807) is 6.07 Å². The Bertz CT molecular complexity index is 614. The number of pyridine rings is 1. The molecule has 29 heavy (non-hydrogen) atoms. The third kappa shape index (κ3) is 12.8. The van der Waals surface area contributed by atoms with Crippen LogP contribution in [0.1, 0.15) is 107 Å². The van der Waals surface area contributed by atoms with Gasteiger partial charge in [-0.2, -0.15) is 0 Å². The molecule has 162 valence electrons. The third-order valence-corrected chi connectivity index (χ3v) is 4.96. The average Bonchev–Trinajstić information content (AvgIpc) is 2.71. The molecule has 1 aromatic heterocycles. The third-order valence-electron chi connectivity index (χ3n) is 4.96. The molecule has 1 amide bonds. The number of unbranched alkanes of at least 4 members (excludes halogenated alkanes) is 11. The van der Waals surface area contributed by atoms with Gasteiger partial charge in [0.2, 0.25) is 5.91 Å². The van der Waals surface area contributed by atoms with E-state index < -0.39 is 5.97 Å². The van der Waals surface area contributed by atoms with Crippen molar-refractivity contribution in [3.63, 3.8) is 0 Å². The van der Waals surface area contributed by atoms with Crippen LogP contribution >= 0.6 is 0 Å². The van der Waals surface area contributed by atoms with Crippen molar-refractivity contribution in [2.45, 2.75) is 96.8 Å². The Morgan fingerprint density at radius 2 is 1.52 bits per heavy atom. The molecule has 1 aromatic rings. The maximum absolute atomic E-state index is 12.0. The molecule has 0 aliphatic rings. The van der Waals surface area contributed by atoms with Gasteiger partial charge in [-0.05, 0) is 44.2 Å². The van der Waals surface area contributed by atoms with Gasteiger partial charge >= 0.3 is 5.97 Å². The first kappa shape index (κ1) is 24.9. The molecule has 0 saturated heterocycles. The minimum atomic E-state index is -1.09. The number of carboxylic acid groups (broad SMARTS) is 1. The topological polar surface area (TPSA) is 79.3 Å². The summed E-state index contributed by atoms with van der Waals surface area (Å²) >= 11 is 0. The Kier molecular flexibility index (Phi) is 14.4. The van der Waals surface area contributed by atoms with E-state index in [-0.39, 0.29) is 17.3 Å². The summed E-state index contributed by atoms with van der Waals surface area (Å²) in [5.41, 5.74) is 0.0189. The van der Waals surface area contributed by atoms with Crippen molar-refractivity contribution in [3.05, 3.63) is 36.0 Å². The summed E-state index contributed by atoms with van der Waals surface area (Å²) in [7, 11) is 0. The fraction of sp³-hybridized carbons (Fsp3) is 0.625. The van der Waals surface area contributed by atoms with Crippen LogP contribution in [0.25, 0.3) is 0 Å². The van der Waals surface area contributed by atoms with Crippen LogP contribution in [0.3, 0.4) is 0 Å². The normalized spacial score (nSPS) is 11.1. The standard InChI is InChI=1S/C24H38N2O3/c1-2-3-4-5-6-7-8-9-10-11-12-13-14-15-16-19-22(27)26-23-21(24(28)29)18-17-20-25-23/h9-10,17-18,20H,2-8,11-16,19H2,1H3,(H,28,29)(H,25,26,27). The van der Waals surface area contributed by atoms with E-state index in [0.717, 1.165) is 25.7 Å². The highest BCUT2D eigenvalue weighted by Gasteiger charge is 2.12. The lowest BCUT2D eigenvalue weighted by molar-refractivity contribution is -0.116. The van der Waals surface area contributed by atoms with E-state index in [1.807, 2.05) is 0 Å². The summed E-state index contributed by atoms with van der Waals surface area (Å²) in [5.74, 6) is -1.14. The van der Waals surface area contributed by atoms with Gasteiger partial charge in [0.1, 0.15) is 11.4 Å². The highest BCUT2D eigenvalue weighted by Crippen LogP contribution is 2.13. The first-order chi connectivity index (χ1) is 14.1. The number of carboxylic acids is 1. The van der Waals surface area contributed by atoms with Crippen LogP contribution in [-0.4, -0.2) is 22.0 Å². The van der Waals surface area contributed by atoms with Gasteiger partial charge in [0.05, 0.1) is 0 Å². The number of anilines is 1. The van der Waals surface area contributed by atoms with Crippen LogP contribution in [-0.2, 0) is 4.79 Å². The molecule has 0 spiro atoms. The molecule has 0 bridgehead atoms. The summed E-state index contributed by atoms with van der Waals surface area (Å²) < 4.78 is 0. The Balaban J connectivity index is 1.97. The second-order valence-corrected chi connectivity index (χ2v) is 7.59. The van der Waals surface area contributed by atoms with Crippen molar-refractivity contribution in [1.82, 2.24) is 4.98 Å². The van der Waals surface area contributed by atoms with Crippen molar-refractivity contribution < 1.29 is 14.7 Å². The van der Waals surface area contributed by atoms with Crippen molar-refractivity contribution in [3.8, 4) is 0 Å². The number of allylic oxidation sites excluding steroid dienone is 2. The molecule has 0 fully saturated rings. The maximum Gasteiger partial charge on any atom is 0.339 e. The molecule has 0 aromatic carbocycles. The zero-order chi connectivity index (χ0) is 21.2. The van der Waals surface area contributed by atoms with Crippen molar-refractivity contribution in [2.75, 3.05) is 5.32 Å². The van der Waals surface area contributed by atoms with Crippen LogP contribution in [0.4, 0.5) is 5.82 Å². The lowest BCUT2D eigenvalue weighted by Crippen LogP contribution is -2.15. The smallest absolute Gasteiger partial charge is 0.339 e. The molecule has 0 aliphatic heterocycles. The van der Waals surface area contributed by atoms with Gasteiger partial charge in [0.25, 0.3) is 0 Å². The molecule has 0 unspecified atom stereocenters. The SMILES string of the molecule is CCCCCCCCC=CCCCCCCCC(=O)Nc1ncccc1C(=O)O. The van der Waals surface area contributed by atoms with Crippen LogP contribution in [0.5, 0.6) is 0 Å². The largest absolute Gasteiger partial charge is 0.478 e. The second kappa shape index (κ2) is 16.8. The number of rotatable bonds is 17. The van der Waals surface area contributed by atoms with Gasteiger partial charge in [-0.3, -0.25) is 4.79 Å². The quantitative estimate of drug-likeness (QED) is 0.223. The van der Waals surface area contributed by atoms with Crippen LogP contribution in [0.15, 0.2) is 30.5 Å². The number of amides is 1. The summed E-state index contributed by atoms with van der Waals surface area (Å²) in [6.07, 6.45) is 22.3. The molecule has 0 atom stereocenters. The molecule has 2 N–H and O–H groups in total. The molecule has 0 radical (unpaired) electrons. The fourth-order valence-electron chi connectivity index (χ4n) is 3.23. The summed E-state index contributed by atoms with van der Waals surface area (Å²) in [6, 6.07) is 2.98. The Hall–Kier alpha value is -2.17. The van der Waals surface area contributed by atoms with Gasteiger partial charge in [0, 0.05) is 12.6 Å². The molecule has 0 saturated carbocycles. The van der Waals surface area contributed by atoms with Crippen LogP contribution in [0.2, 0.25) is 0 Å². The number of carbonyl (C=O) groups is 2. The van der Waals surface area contributed by atoms with E-state index in [9.17, 15) is 9.59 Å². The zero-order valence-corrected chi connectivity index (χ0v) is 18.0. The average molecular weight is 403 g/mol. The number of nitrogens with zero attached hydrogens (tertiary/aromatic N) is 1. The van der Waals surface area contributed by atoms with E-state index in [2.05, 4.69) is 29.4 Å². The zero-order valence-electron chi connectivity index (χ0n) is 18.0. The van der Waals surface area contributed by atoms with Crippen molar-refractivity contribution >= 4 is 17.7 Å². The minimum Gasteiger partial charge on any atom is -0.478 e. The molecule has 1 rings (SSSR count). The maximum atomic E-state index is 12.0. The second-order valence-electron chi connectivity index (χ2n) is 7.59. The van der Waals surface area contributed by atoms with Gasteiger partial charge < -0.3 is 10.4 Å². The lowest BCUT2D eigenvalue weighted by atomic mass is 10.1. The summed E-state index contributed by atoms with van der Waals surface area (Å²) in [6.45, 7) is 2.25. The fourth-order valence-corrected chi connectivity index (χ4v) is 3.23. The van der Waals surface area contributed by atoms with Gasteiger partial charge in [-0.1, -0.05) is 70.4 Å². The number of aromatic nitrogens is 1. The minimum absolute atomic E-state index is 0.0189. The molecule has 5 heteroatoms. The number of carbonyl (C=O) groups excluding carboxylic acids is 1. The number of aromatic carboxylic acids is 1. The van der Waals surface area contributed by atoms with Crippen LogP contribution in [0, 0.1) is 0 Å². The highest BCUT2D eigenvalue weighted by molar-refractivity contribution is 5.99. The van der Waals surface area contributed by atoms with E-state index in [0.29, 0.717) is 6.42 Å². The molecular weight excluding hydrogens is 364 g/mol. The highest BCUT2D eigenvalue weighted by atomic mass is 16.4. The van der Waals surface area contributed by atoms with Gasteiger partial charge in [0.15, 0.2) is 0 Å². The molecule has 0 aliphatic carbocycles. The number of hydrogen-bond donors (Lipinski definition) is 2. The van der Waals surface area contributed by atoms with Crippen molar-refractivity contribution in [1.29, 1.82) is 0 Å². The van der Waals surface area contributed by atoms with E-state index in [1.165, 1.54) is 70.1 Å². The van der Waals surface area contributed by atoms with Crippen molar-refractivity contribution in [2.24, 2.45) is 0 Å². The monoisotopic (exact) mass is 402 g/mol. The van der Waals surface area contributed by atoms with Gasteiger partial charge in [-0.25, -0.2) is 9.78 Å². The summed E-state index contributed by atoms with van der Waals surface area (Å²) in [5, 5.41) is 11.7. The predicted octanol–water partition coefficient (Wildman–Crippen LogP) is 6.76. The number of hydrogen-bond acceptors (Lipinski definition) is 3. The van der Waals surface area contributed by atoms with E-state index >= 15 is 0 Å². The molecular formula is C24H38N2O3. The van der Waals surface area contributed by atoms with E-state index in [4.69, 9.17) is 5.11 Å². The van der Waals surface area contributed by atoms with Crippen LogP contribution < -0.4 is 5.32 Å². The molecule has 1 heterocycles. The first-order valence-electron chi connectivity index (χ1n) is 11.3. The Labute approximate surface area is 176 Å².